The van der Waals surface area contributed by atoms with Crippen molar-refractivity contribution >= 4 is 23.5 Å². The normalized spacial score (nSPS) is 21.0. The fourth-order valence-corrected chi connectivity index (χ4v) is 3.56. The Balaban J connectivity index is 2.04. The van der Waals surface area contributed by atoms with Crippen molar-refractivity contribution in [2.75, 3.05) is 17.3 Å². The van der Waals surface area contributed by atoms with Gasteiger partial charge >= 0.3 is 0 Å². The zero-order valence-electron chi connectivity index (χ0n) is 14.0. The first kappa shape index (κ1) is 16.5. The maximum absolute atomic E-state index is 11.3. The Morgan fingerprint density at radius 1 is 1.42 bits per heavy atom. The van der Waals surface area contributed by atoms with Gasteiger partial charge in [0, 0.05) is 17.7 Å². The van der Waals surface area contributed by atoms with Crippen molar-refractivity contribution in [2.24, 2.45) is 11.7 Å². The summed E-state index contributed by atoms with van der Waals surface area (Å²) in [7, 11) is 1.53. The lowest BCUT2D eigenvalue weighted by Gasteiger charge is -2.41. The van der Waals surface area contributed by atoms with Crippen molar-refractivity contribution in [1.82, 2.24) is 0 Å². The first-order chi connectivity index (χ1) is 11.6. The Labute approximate surface area is 142 Å². The van der Waals surface area contributed by atoms with Crippen molar-refractivity contribution in [3.05, 3.63) is 30.0 Å². The molecular formula is C18H24N4O2. The molecule has 1 fully saturated rings. The van der Waals surface area contributed by atoms with Crippen molar-refractivity contribution in [3.63, 3.8) is 0 Å². The molecule has 2 aliphatic rings. The minimum atomic E-state index is -0.515. The first-order valence-corrected chi connectivity index (χ1v) is 8.33. The number of amidine groups is 1. The molecule has 3 rings (SSSR count). The molecule has 128 valence electrons. The lowest BCUT2D eigenvalue weighted by Crippen LogP contribution is -2.53. The van der Waals surface area contributed by atoms with Gasteiger partial charge < -0.3 is 20.7 Å². The molecule has 6 heteroatoms. The van der Waals surface area contributed by atoms with E-state index in [1.54, 1.807) is 12.1 Å². The molecule has 1 aromatic rings. The predicted molar refractivity (Wildman–Crippen MR) is 95.9 cm³/mol. The number of carbonyl (C=O) groups is 1. The van der Waals surface area contributed by atoms with E-state index in [0.29, 0.717) is 22.8 Å². The van der Waals surface area contributed by atoms with E-state index in [1.807, 2.05) is 4.90 Å². The number of nitrogens with zero attached hydrogens (tertiary/aromatic N) is 1. The van der Waals surface area contributed by atoms with E-state index in [0.717, 1.165) is 43.3 Å². The van der Waals surface area contributed by atoms with E-state index in [2.05, 4.69) is 11.9 Å². The summed E-state index contributed by atoms with van der Waals surface area (Å²) in [6.07, 6.45) is 5.80. The number of methoxy groups -OCH3 is 1. The second-order valence-electron chi connectivity index (χ2n) is 6.41. The number of ether oxygens (including phenoxy) is 1. The number of rotatable bonds is 3. The van der Waals surface area contributed by atoms with Crippen LogP contribution < -0.4 is 20.7 Å². The Morgan fingerprint density at radius 2 is 2.12 bits per heavy atom. The third kappa shape index (κ3) is 2.78. The number of nitrogens with one attached hydrogen (secondary N) is 2. The summed E-state index contributed by atoms with van der Waals surface area (Å²) in [6, 6.07) is 3.50. The average molecular weight is 328 g/mol. The van der Waals surface area contributed by atoms with E-state index in [4.69, 9.17) is 15.9 Å². The maximum Gasteiger partial charge on any atom is 0.153 e. The van der Waals surface area contributed by atoms with Crippen molar-refractivity contribution in [2.45, 2.75) is 38.3 Å². The van der Waals surface area contributed by atoms with Crippen LogP contribution in [-0.2, 0) is 0 Å². The molecule has 4 N–H and O–H groups in total. The van der Waals surface area contributed by atoms with E-state index in [9.17, 15) is 4.79 Å². The Morgan fingerprint density at radius 3 is 2.75 bits per heavy atom. The molecular weight excluding hydrogens is 304 g/mol. The summed E-state index contributed by atoms with van der Waals surface area (Å²) >= 11 is 0. The second kappa shape index (κ2) is 6.65. The largest absolute Gasteiger partial charge is 0.496 e. The number of carbonyl (C=O) groups excluding carboxylic acids is 1. The van der Waals surface area contributed by atoms with Gasteiger partial charge in [-0.1, -0.05) is 25.8 Å². The second-order valence-corrected chi connectivity index (χ2v) is 6.41. The Bertz CT molecular complexity index is 680. The summed E-state index contributed by atoms with van der Waals surface area (Å²) in [5.41, 5.74) is 8.87. The molecule has 1 atom stereocenters. The highest BCUT2D eigenvalue weighted by atomic mass is 16.5. The molecule has 1 aromatic carbocycles. The van der Waals surface area contributed by atoms with Crippen LogP contribution in [0.15, 0.2) is 24.4 Å². The highest BCUT2D eigenvalue weighted by molar-refractivity contribution is 6.03. The first-order valence-electron chi connectivity index (χ1n) is 8.33. The summed E-state index contributed by atoms with van der Waals surface area (Å²) in [5.74, 6) is 1.21. The van der Waals surface area contributed by atoms with Gasteiger partial charge in [0.25, 0.3) is 0 Å². The van der Waals surface area contributed by atoms with E-state index >= 15 is 0 Å². The lowest BCUT2D eigenvalue weighted by molar-refractivity contribution is 0.112. The molecule has 1 aliphatic heterocycles. The minimum Gasteiger partial charge on any atom is -0.496 e. The highest BCUT2D eigenvalue weighted by Gasteiger charge is 2.33. The molecule has 24 heavy (non-hydrogen) atoms. The molecule has 0 spiro atoms. The molecule has 0 bridgehead atoms. The number of anilines is 2. The number of aldehydes is 1. The lowest BCUT2D eigenvalue weighted by atomic mass is 9.87. The monoisotopic (exact) mass is 328 g/mol. The summed E-state index contributed by atoms with van der Waals surface area (Å²) in [5, 5.41) is 11.9. The van der Waals surface area contributed by atoms with Gasteiger partial charge in [-0.15, -0.1) is 0 Å². The third-order valence-corrected chi connectivity index (χ3v) is 4.92. The van der Waals surface area contributed by atoms with Gasteiger partial charge in [-0.05, 0) is 18.9 Å². The van der Waals surface area contributed by atoms with Gasteiger partial charge in [0.2, 0.25) is 0 Å². The Hall–Kier alpha value is -2.34. The number of benzene rings is 1. The quantitative estimate of drug-likeness (QED) is 0.450. The molecule has 1 aliphatic carbocycles. The highest BCUT2D eigenvalue weighted by Crippen LogP contribution is 2.40. The molecule has 1 heterocycles. The number of hydrogen-bond donors (Lipinski definition) is 3. The molecule has 1 saturated carbocycles. The van der Waals surface area contributed by atoms with Gasteiger partial charge in [0.15, 0.2) is 6.29 Å². The number of fused-ring (bicyclic) bond motifs is 1. The molecule has 6 nitrogen and oxygen atoms in total. The molecule has 0 radical (unpaired) electrons. The van der Waals surface area contributed by atoms with Gasteiger partial charge in [0.1, 0.15) is 17.8 Å². The van der Waals surface area contributed by atoms with Gasteiger partial charge in [-0.2, -0.15) is 0 Å². The fraction of sp³-hybridized carbons (Fsp3) is 0.444. The van der Waals surface area contributed by atoms with Gasteiger partial charge in [-0.3, -0.25) is 10.2 Å². The van der Waals surface area contributed by atoms with Crippen LogP contribution in [0.4, 0.5) is 11.4 Å². The summed E-state index contributed by atoms with van der Waals surface area (Å²) in [4.78, 5) is 13.1. The van der Waals surface area contributed by atoms with Crippen LogP contribution in [0, 0.1) is 11.3 Å². The van der Waals surface area contributed by atoms with Crippen molar-refractivity contribution in [1.29, 1.82) is 5.41 Å². The predicted octanol–water partition coefficient (Wildman–Crippen LogP) is 3.10. The average Bonchev–Trinajstić information content (AvgIpc) is 2.62. The van der Waals surface area contributed by atoms with Crippen LogP contribution in [0.3, 0.4) is 0 Å². The molecule has 1 unspecified atom stereocenters. The van der Waals surface area contributed by atoms with Crippen LogP contribution >= 0.6 is 0 Å². The number of nitrogens with two attached hydrogens (primary N) is 1. The van der Waals surface area contributed by atoms with Crippen LogP contribution in [0.5, 0.6) is 5.75 Å². The van der Waals surface area contributed by atoms with Gasteiger partial charge in [0.05, 0.1) is 24.0 Å². The van der Waals surface area contributed by atoms with Crippen LogP contribution in [0.1, 0.15) is 42.5 Å². The van der Waals surface area contributed by atoms with E-state index in [1.165, 1.54) is 13.5 Å². The molecule has 0 saturated heterocycles. The van der Waals surface area contributed by atoms with Gasteiger partial charge in [-0.25, -0.2) is 0 Å². The summed E-state index contributed by atoms with van der Waals surface area (Å²) in [6.45, 7) is 3.98. The molecule has 0 amide bonds. The van der Waals surface area contributed by atoms with Crippen LogP contribution in [0.2, 0.25) is 0 Å². The zero-order valence-corrected chi connectivity index (χ0v) is 14.0. The van der Waals surface area contributed by atoms with E-state index in [-0.39, 0.29) is 5.92 Å². The van der Waals surface area contributed by atoms with E-state index < -0.39 is 6.17 Å². The smallest absolute Gasteiger partial charge is 0.153 e. The third-order valence-electron chi connectivity index (χ3n) is 4.92. The topological polar surface area (TPSA) is 91.4 Å². The van der Waals surface area contributed by atoms with Crippen molar-refractivity contribution < 1.29 is 9.53 Å². The SMILES string of the molecule is C=C1Nc2cc(C=O)c(OC)cc2N(C(=N)C2CCCCC2)C1N. The minimum absolute atomic E-state index is 0.209. The van der Waals surface area contributed by atoms with Crippen LogP contribution in [0.25, 0.3) is 0 Å². The number of hydrogen-bond acceptors (Lipinski definition) is 5. The zero-order chi connectivity index (χ0) is 17.3. The van der Waals surface area contributed by atoms with Crippen molar-refractivity contribution in [3.8, 4) is 5.75 Å². The van der Waals surface area contributed by atoms with Crippen LogP contribution in [-0.4, -0.2) is 25.4 Å². The fourth-order valence-electron chi connectivity index (χ4n) is 3.56. The summed E-state index contributed by atoms with van der Waals surface area (Å²) < 4.78 is 5.32. The standard InChI is InChI=1S/C18H24N4O2/c1-11-17(19)22(18(20)12-6-4-3-5-7-12)15-9-16(24-2)13(10-23)8-14(15)21-11/h8-10,12,17,20-21H,1,3-7,19H2,2H3. The molecule has 0 aromatic heterocycles. The Kier molecular flexibility index (Phi) is 4.57. The maximum atomic E-state index is 11.3.